The van der Waals surface area contributed by atoms with Crippen molar-refractivity contribution < 1.29 is 22.8 Å². The minimum absolute atomic E-state index is 0.101. The Balaban J connectivity index is 1.68. The van der Waals surface area contributed by atoms with Gasteiger partial charge in [0.15, 0.2) is 5.82 Å². The van der Waals surface area contributed by atoms with E-state index in [1.807, 2.05) is 0 Å². The molecular weight excluding hydrogens is 447 g/mol. The number of nitrogens with zero attached hydrogens (tertiary/aromatic N) is 5. The Bertz CT molecular complexity index is 1280. The third-order valence-corrected chi connectivity index (χ3v) is 5.04. The maximum atomic E-state index is 13.2. The molecule has 4 aromatic rings. The number of primary amides is 1. The average molecular weight is 461 g/mol. The van der Waals surface area contributed by atoms with E-state index in [1.165, 1.54) is 45.2 Å². The van der Waals surface area contributed by atoms with Crippen molar-refractivity contribution in [2.24, 2.45) is 5.73 Å². The van der Waals surface area contributed by atoms with Crippen molar-refractivity contribution >= 4 is 28.8 Å². The van der Waals surface area contributed by atoms with Gasteiger partial charge in [-0.15, -0.1) is 16.4 Å². The Hall–Kier alpha value is -4.00. The predicted octanol–water partition coefficient (Wildman–Crippen LogP) is 2.95. The molecule has 0 fully saturated rings. The topological polar surface area (TPSA) is 121 Å². The maximum Gasteiger partial charge on any atom is 0.416 e. The lowest BCUT2D eigenvalue weighted by molar-refractivity contribution is -0.137. The lowest BCUT2D eigenvalue weighted by Crippen LogP contribution is -2.18. The van der Waals surface area contributed by atoms with E-state index >= 15 is 0 Å². The van der Waals surface area contributed by atoms with Crippen LogP contribution < -0.4 is 11.1 Å². The van der Waals surface area contributed by atoms with Crippen molar-refractivity contribution in [2.45, 2.75) is 12.7 Å². The lowest BCUT2D eigenvalue weighted by atomic mass is 10.2. The number of carbonyl (C=O) groups excluding carboxylic acids is 2. The van der Waals surface area contributed by atoms with Crippen LogP contribution in [0.2, 0.25) is 0 Å². The number of benzene rings is 1. The van der Waals surface area contributed by atoms with Crippen LogP contribution >= 0.6 is 11.3 Å². The Kier molecular flexibility index (Phi) is 5.48. The van der Waals surface area contributed by atoms with Gasteiger partial charge in [-0.3, -0.25) is 14.3 Å². The summed E-state index contributed by atoms with van der Waals surface area (Å²) in [6, 6.07) is 8.04. The van der Waals surface area contributed by atoms with Gasteiger partial charge in [0, 0.05) is 6.20 Å². The van der Waals surface area contributed by atoms with Crippen molar-refractivity contribution in [1.29, 1.82) is 0 Å². The summed E-state index contributed by atoms with van der Waals surface area (Å²) in [5.74, 6) is -1.34. The molecule has 0 aliphatic heterocycles. The number of halogens is 3. The monoisotopic (exact) mass is 461 g/mol. The molecule has 3 N–H and O–H groups in total. The van der Waals surface area contributed by atoms with Gasteiger partial charge in [-0.2, -0.15) is 18.3 Å². The number of carbonyl (C=O) groups is 2. The van der Waals surface area contributed by atoms with Crippen LogP contribution in [0.4, 0.5) is 18.9 Å². The zero-order chi connectivity index (χ0) is 22.9. The number of hydrogen-bond donors (Lipinski definition) is 2. The second kappa shape index (κ2) is 8.26. The van der Waals surface area contributed by atoms with Gasteiger partial charge in [0.25, 0.3) is 5.91 Å². The van der Waals surface area contributed by atoms with Gasteiger partial charge >= 0.3 is 6.18 Å². The van der Waals surface area contributed by atoms with Crippen LogP contribution in [0.5, 0.6) is 0 Å². The Morgan fingerprint density at radius 3 is 2.69 bits per heavy atom. The summed E-state index contributed by atoms with van der Waals surface area (Å²) >= 11 is 1.30. The normalized spacial score (nSPS) is 11.5. The standard InChI is InChI=1S/C19H14F3N7O2S/c20-19(21,22)11-3-1-4-13(7-11)29-17(14-5-2-6-32-14)26-16(27-29)18(31)25-12-8-24-28(9-12)10-15(23)30/h1-9H,10H2,(H2,23,30)(H,25,31). The van der Waals surface area contributed by atoms with E-state index in [-0.39, 0.29) is 29.6 Å². The highest BCUT2D eigenvalue weighted by atomic mass is 32.1. The first-order valence-corrected chi connectivity index (χ1v) is 9.89. The number of alkyl halides is 3. The van der Waals surface area contributed by atoms with E-state index in [2.05, 4.69) is 20.5 Å². The molecule has 4 rings (SSSR count). The molecule has 0 aliphatic rings. The number of nitrogens with two attached hydrogens (primary N) is 1. The number of thiophene rings is 1. The molecule has 0 saturated carbocycles. The van der Waals surface area contributed by atoms with Crippen LogP contribution in [-0.4, -0.2) is 36.4 Å². The summed E-state index contributed by atoms with van der Waals surface area (Å²) in [6.45, 7) is -0.166. The molecule has 3 heterocycles. The van der Waals surface area contributed by atoms with Gasteiger partial charge in [-0.1, -0.05) is 12.1 Å². The largest absolute Gasteiger partial charge is 0.416 e. The van der Waals surface area contributed by atoms with Crippen LogP contribution in [0.3, 0.4) is 0 Å². The molecule has 0 bridgehead atoms. The van der Waals surface area contributed by atoms with Crippen molar-refractivity contribution in [1.82, 2.24) is 24.5 Å². The van der Waals surface area contributed by atoms with Crippen LogP contribution in [0.15, 0.2) is 54.2 Å². The van der Waals surface area contributed by atoms with Gasteiger partial charge in [0.2, 0.25) is 11.7 Å². The quantitative estimate of drug-likeness (QED) is 0.457. The van der Waals surface area contributed by atoms with E-state index in [4.69, 9.17) is 5.73 Å². The summed E-state index contributed by atoms with van der Waals surface area (Å²) < 4.78 is 41.9. The molecule has 0 radical (unpaired) electrons. The minimum Gasteiger partial charge on any atom is -0.368 e. The molecule has 0 unspecified atom stereocenters. The van der Waals surface area contributed by atoms with Crippen molar-refractivity contribution in [3.8, 4) is 16.4 Å². The molecule has 13 heteroatoms. The Morgan fingerprint density at radius 2 is 2.00 bits per heavy atom. The Morgan fingerprint density at radius 1 is 1.19 bits per heavy atom. The minimum atomic E-state index is -4.54. The van der Waals surface area contributed by atoms with E-state index in [0.717, 1.165) is 12.1 Å². The summed E-state index contributed by atoms with van der Waals surface area (Å²) in [4.78, 5) is 28.5. The van der Waals surface area contributed by atoms with Crippen molar-refractivity contribution in [3.63, 3.8) is 0 Å². The number of amides is 2. The molecule has 32 heavy (non-hydrogen) atoms. The van der Waals surface area contributed by atoms with Crippen LogP contribution in [-0.2, 0) is 17.5 Å². The molecular formula is C19H14F3N7O2S. The van der Waals surface area contributed by atoms with Gasteiger partial charge in [-0.05, 0) is 29.6 Å². The summed E-state index contributed by atoms with van der Waals surface area (Å²) in [7, 11) is 0. The Labute approximate surface area is 182 Å². The molecule has 0 atom stereocenters. The van der Waals surface area contributed by atoms with Gasteiger partial charge in [0.05, 0.1) is 28.0 Å². The predicted molar refractivity (Wildman–Crippen MR) is 109 cm³/mol. The smallest absolute Gasteiger partial charge is 0.368 e. The van der Waals surface area contributed by atoms with Gasteiger partial charge in [-0.25, -0.2) is 9.67 Å². The number of aromatic nitrogens is 5. The van der Waals surface area contributed by atoms with Crippen LogP contribution in [0.25, 0.3) is 16.4 Å². The highest BCUT2D eigenvalue weighted by molar-refractivity contribution is 7.13. The second-order valence-electron chi connectivity index (χ2n) is 6.54. The first-order chi connectivity index (χ1) is 15.2. The number of nitrogens with one attached hydrogen (secondary N) is 1. The molecule has 3 aromatic heterocycles. The fourth-order valence-corrected chi connectivity index (χ4v) is 3.53. The van der Waals surface area contributed by atoms with Gasteiger partial charge < -0.3 is 11.1 Å². The highest BCUT2D eigenvalue weighted by Gasteiger charge is 2.31. The molecule has 1 aromatic carbocycles. The molecule has 9 nitrogen and oxygen atoms in total. The third kappa shape index (κ3) is 4.51. The molecule has 0 saturated heterocycles. The first kappa shape index (κ1) is 21.2. The number of rotatable bonds is 6. The molecule has 0 aliphatic carbocycles. The number of anilines is 1. The molecule has 164 valence electrons. The molecule has 2 amide bonds. The third-order valence-electron chi connectivity index (χ3n) is 4.18. The fourth-order valence-electron chi connectivity index (χ4n) is 2.83. The summed E-state index contributed by atoms with van der Waals surface area (Å²) in [5, 5.41) is 12.3. The van der Waals surface area contributed by atoms with E-state index in [1.54, 1.807) is 17.5 Å². The van der Waals surface area contributed by atoms with E-state index in [0.29, 0.717) is 4.88 Å². The van der Waals surface area contributed by atoms with E-state index < -0.39 is 23.6 Å². The van der Waals surface area contributed by atoms with Crippen molar-refractivity contribution in [2.75, 3.05) is 5.32 Å². The lowest BCUT2D eigenvalue weighted by Gasteiger charge is -2.09. The number of hydrogen-bond acceptors (Lipinski definition) is 6. The van der Waals surface area contributed by atoms with Crippen molar-refractivity contribution in [3.05, 3.63) is 65.6 Å². The maximum absolute atomic E-state index is 13.2. The molecule has 0 spiro atoms. The van der Waals surface area contributed by atoms with E-state index in [9.17, 15) is 22.8 Å². The summed E-state index contributed by atoms with van der Waals surface area (Å²) in [5.41, 5.74) is 4.62. The van der Waals surface area contributed by atoms with Crippen LogP contribution in [0, 0.1) is 0 Å². The van der Waals surface area contributed by atoms with Crippen LogP contribution in [0.1, 0.15) is 16.2 Å². The zero-order valence-electron chi connectivity index (χ0n) is 16.1. The summed E-state index contributed by atoms with van der Waals surface area (Å²) in [6.07, 6.45) is -1.83. The SMILES string of the molecule is NC(=O)Cn1cc(NC(=O)c2nc(-c3cccs3)n(-c3cccc(C(F)(F)F)c3)n2)cn1. The zero-order valence-corrected chi connectivity index (χ0v) is 16.9. The highest BCUT2D eigenvalue weighted by Crippen LogP contribution is 2.32. The fraction of sp³-hybridized carbons (Fsp3) is 0.105. The van der Waals surface area contributed by atoms with Gasteiger partial charge in [0.1, 0.15) is 6.54 Å². The average Bonchev–Trinajstić information content (AvgIpc) is 3.47. The second-order valence-corrected chi connectivity index (χ2v) is 7.49. The first-order valence-electron chi connectivity index (χ1n) is 9.01.